The molecule has 2 aliphatic heterocycles. The molecule has 1 atom stereocenters. The molecule has 7 nitrogen and oxygen atoms in total. The molecule has 6 rings (SSSR count). The third-order valence-electron chi connectivity index (χ3n) is 5.71. The molecule has 0 radical (unpaired) electrons. The molecule has 0 aliphatic carbocycles. The number of aromatic nitrogens is 4. The smallest absolute Gasteiger partial charge is 0.238 e. The summed E-state index contributed by atoms with van der Waals surface area (Å²) in [6, 6.07) is 16.2. The number of ether oxygens (including phenoxy) is 2. The van der Waals surface area contributed by atoms with Crippen LogP contribution in [-0.4, -0.2) is 39.4 Å². The lowest BCUT2D eigenvalue weighted by Gasteiger charge is -2.11. The summed E-state index contributed by atoms with van der Waals surface area (Å²) in [4.78, 5) is 9.54. The first-order chi connectivity index (χ1) is 14.8. The standard InChI is InChI=1S/C23H19N5O2/c1-29-16-7-8-19-17(10-16)21-15(11-25-27-21)9-20-22(24-13-28(19)20)23-26-18(12-30-23)14-5-3-2-4-6-14/h2-8,10-11,13,18H,9,12H2,1H3,(H,25,27)/t18-/m1/s1. The minimum absolute atomic E-state index is 0.00892. The van der Waals surface area contributed by atoms with E-state index in [1.165, 1.54) is 0 Å². The topological polar surface area (TPSA) is 77.3 Å². The van der Waals surface area contributed by atoms with Crippen LogP contribution in [0.25, 0.3) is 16.9 Å². The maximum absolute atomic E-state index is 6.00. The van der Waals surface area contributed by atoms with Crippen LogP contribution in [0.4, 0.5) is 0 Å². The van der Waals surface area contributed by atoms with Gasteiger partial charge in [-0.2, -0.15) is 5.10 Å². The second kappa shape index (κ2) is 6.59. The lowest BCUT2D eigenvalue weighted by Crippen LogP contribution is -2.08. The van der Waals surface area contributed by atoms with Crippen LogP contribution >= 0.6 is 0 Å². The Balaban J connectivity index is 1.48. The summed E-state index contributed by atoms with van der Waals surface area (Å²) in [5.74, 6) is 1.40. The molecule has 0 amide bonds. The van der Waals surface area contributed by atoms with Crippen LogP contribution in [0.15, 0.2) is 66.0 Å². The molecule has 2 aliphatic rings. The van der Waals surface area contributed by atoms with Crippen molar-refractivity contribution < 1.29 is 9.47 Å². The molecule has 0 fully saturated rings. The zero-order valence-electron chi connectivity index (χ0n) is 16.4. The van der Waals surface area contributed by atoms with Gasteiger partial charge in [0.05, 0.1) is 30.4 Å². The van der Waals surface area contributed by atoms with Crippen molar-refractivity contribution in [3.8, 4) is 22.7 Å². The van der Waals surface area contributed by atoms with Gasteiger partial charge in [0, 0.05) is 17.5 Å². The van der Waals surface area contributed by atoms with Gasteiger partial charge < -0.3 is 14.0 Å². The number of methoxy groups -OCH3 is 1. The lowest BCUT2D eigenvalue weighted by molar-refractivity contribution is 0.319. The fourth-order valence-corrected chi connectivity index (χ4v) is 4.19. The van der Waals surface area contributed by atoms with E-state index in [1.807, 2.05) is 48.9 Å². The normalized spacial score (nSPS) is 16.7. The Bertz CT molecular complexity index is 1270. The summed E-state index contributed by atoms with van der Waals surface area (Å²) in [6.45, 7) is 0.524. The minimum atomic E-state index is -0.00892. The molecule has 30 heavy (non-hydrogen) atoms. The third kappa shape index (κ3) is 2.55. The van der Waals surface area contributed by atoms with Gasteiger partial charge in [-0.3, -0.25) is 5.10 Å². The molecular formula is C23H19N5O2. The maximum atomic E-state index is 6.00. The van der Waals surface area contributed by atoms with E-state index in [4.69, 9.17) is 19.5 Å². The van der Waals surface area contributed by atoms with E-state index in [0.29, 0.717) is 18.9 Å². The molecule has 4 heterocycles. The van der Waals surface area contributed by atoms with Crippen molar-refractivity contribution in [2.75, 3.05) is 13.7 Å². The summed E-state index contributed by atoms with van der Waals surface area (Å²) < 4.78 is 13.5. The Morgan fingerprint density at radius 3 is 2.93 bits per heavy atom. The lowest BCUT2D eigenvalue weighted by atomic mass is 10.0. The van der Waals surface area contributed by atoms with Crippen LogP contribution in [-0.2, 0) is 11.2 Å². The predicted octanol–water partition coefficient (Wildman–Crippen LogP) is 3.69. The summed E-state index contributed by atoms with van der Waals surface area (Å²) in [5.41, 5.74) is 7.11. The molecule has 7 heteroatoms. The number of fused-ring (bicyclic) bond motifs is 5. The molecule has 0 saturated carbocycles. The SMILES string of the molecule is COc1ccc2c(c1)-c1[nH]ncc1Cc1c(C3=N[C@@H](c4ccccc4)CO3)ncn1-2. The monoisotopic (exact) mass is 397 g/mol. The minimum Gasteiger partial charge on any atom is -0.497 e. The molecule has 0 spiro atoms. The molecule has 2 aromatic heterocycles. The van der Waals surface area contributed by atoms with Gasteiger partial charge in [-0.15, -0.1) is 0 Å². The number of rotatable bonds is 3. The van der Waals surface area contributed by atoms with E-state index in [9.17, 15) is 0 Å². The summed E-state index contributed by atoms with van der Waals surface area (Å²) in [7, 11) is 1.67. The zero-order chi connectivity index (χ0) is 20.1. The number of hydrogen-bond acceptors (Lipinski definition) is 5. The van der Waals surface area contributed by atoms with Crippen LogP contribution in [0.1, 0.15) is 28.6 Å². The Morgan fingerprint density at radius 2 is 2.07 bits per heavy atom. The van der Waals surface area contributed by atoms with Gasteiger partial charge in [0.1, 0.15) is 30.4 Å². The maximum Gasteiger partial charge on any atom is 0.238 e. The van der Waals surface area contributed by atoms with E-state index in [1.54, 1.807) is 7.11 Å². The highest BCUT2D eigenvalue weighted by molar-refractivity contribution is 5.95. The first-order valence-corrected chi connectivity index (χ1v) is 9.85. The Hall–Kier alpha value is -3.87. The summed E-state index contributed by atoms with van der Waals surface area (Å²) >= 11 is 0. The largest absolute Gasteiger partial charge is 0.497 e. The first kappa shape index (κ1) is 17.0. The molecule has 1 N–H and O–H groups in total. The number of hydrogen-bond donors (Lipinski definition) is 1. The fourth-order valence-electron chi connectivity index (χ4n) is 4.19. The van der Waals surface area contributed by atoms with Crippen LogP contribution < -0.4 is 4.74 Å². The second-order valence-corrected chi connectivity index (χ2v) is 7.41. The van der Waals surface area contributed by atoms with Gasteiger partial charge in [0.25, 0.3) is 0 Å². The average Bonchev–Trinajstić information content (AvgIpc) is 3.53. The van der Waals surface area contributed by atoms with Crippen molar-refractivity contribution in [2.45, 2.75) is 12.5 Å². The van der Waals surface area contributed by atoms with Gasteiger partial charge in [-0.25, -0.2) is 9.98 Å². The van der Waals surface area contributed by atoms with Gasteiger partial charge >= 0.3 is 0 Å². The summed E-state index contributed by atoms with van der Waals surface area (Å²) in [6.07, 6.45) is 4.39. The predicted molar refractivity (Wildman–Crippen MR) is 112 cm³/mol. The second-order valence-electron chi connectivity index (χ2n) is 7.41. The number of imidazole rings is 1. The Morgan fingerprint density at radius 1 is 1.17 bits per heavy atom. The molecule has 2 aromatic carbocycles. The highest BCUT2D eigenvalue weighted by atomic mass is 16.5. The Kier molecular flexibility index (Phi) is 3.74. The molecule has 0 unspecified atom stereocenters. The molecular weight excluding hydrogens is 378 g/mol. The van der Waals surface area contributed by atoms with Crippen LogP contribution in [0.5, 0.6) is 5.75 Å². The Labute approximate surface area is 173 Å². The third-order valence-corrected chi connectivity index (χ3v) is 5.71. The van der Waals surface area contributed by atoms with E-state index >= 15 is 0 Å². The van der Waals surface area contributed by atoms with Gasteiger partial charge in [-0.05, 0) is 23.8 Å². The number of nitrogens with zero attached hydrogens (tertiary/aromatic N) is 4. The van der Waals surface area contributed by atoms with Crippen molar-refractivity contribution in [2.24, 2.45) is 4.99 Å². The number of benzene rings is 2. The highest BCUT2D eigenvalue weighted by Gasteiger charge is 2.29. The van der Waals surface area contributed by atoms with Crippen molar-refractivity contribution in [1.82, 2.24) is 19.7 Å². The number of aliphatic imine (C=N–C) groups is 1. The van der Waals surface area contributed by atoms with E-state index in [0.717, 1.165) is 45.2 Å². The van der Waals surface area contributed by atoms with Crippen molar-refractivity contribution >= 4 is 5.90 Å². The van der Waals surface area contributed by atoms with E-state index in [-0.39, 0.29) is 6.04 Å². The number of aromatic amines is 1. The van der Waals surface area contributed by atoms with Gasteiger partial charge in [0.2, 0.25) is 5.90 Å². The molecule has 148 valence electrons. The van der Waals surface area contributed by atoms with Crippen LogP contribution in [0.2, 0.25) is 0 Å². The first-order valence-electron chi connectivity index (χ1n) is 9.85. The zero-order valence-corrected chi connectivity index (χ0v) is 16.4. The van der Waals surface area contributed by atoms with Crippen molar-refractivity contribution in [1.29, 1.82) is 0 Å². The van der Waals surface area contributed by atoms with Crippen LogP contribution in [0.3, 0.4) is 0 Å². The summed E-state index contributed by atoms with van der Waals surface area (Å²) in [5, 5.41) is 7.43. The van der Waals surface area contributed by atoms with Gasteiger partial charge in [-0.1, -0.05) is 30.3 Å². The van der Waals surface area contributed by atoms with Crippen molar-refractivity contribution in [3.05, 3.63) is 83.6 Å². The molecule has 4 aromatic rings. The van der Waals surface area contributed by atoms with E-state index < -0.39 is 0 Å². The highest BCUT2D eigenvalue weighted by Crippen LogP contribution is 2.37. The molecule has 0 bridgehead atoms. The average molecular weight is 397 g/mol. The van der Waals surface area contributed by atoms with Crippen molar-refractivity contribution in [3.63, 3.8) is 0 Å². The fraction of sp³-hybridized carbons (Fsp3) is 0.174. The van der Waals surface area contributed by atoms with Gasteiger partial charge in [0.15, 0.2) is 0 Å². The van der Waals surface area contributed by atoms with E-state index in [2.05, 4.69) is 26.9 Å². The number of nitrogens with one attached hydrogen (secondary N) is 1. The number of H-pyrrole nitrogens is 1. The molecule has 0 saturated heterocycles. The van der Waals surface area contributed by atoms with Crippen LogP contribution in [0, 0.1) is 0 Å². The quantitative estimate of drug-likeness (QED) is 0.504.